The molecule has 4 heteroatoms. The maximum Gasteiger partial charge on any atom is 0.130 e. The number of hydrogen-bond acceptors (Lipinski definition) is 3. The molecule has 0 aliphatic carbocycles. The zero-order chi connectivity index (χ0) is 15.1. The third-order valence-electron chi connectivity index (χ3n) is 2.85. The summed E-state index contributed by atoms with van der Waals surface area (Å²) in [6.45, 7) is 8.31. The van der Waals surface area contributed by atoms with E-state index in [0.717, 1.165) is 5.56 Å². The van der Waals surface area contributed by atoms with Crippen LogP contribution in [0.25, 0.3) is 0 Å². The predicted molar refractivity (Wildman–Crippen MR) is 78.6 cm³/mol. The monoisotopic (exact) mass is 281 g/mol. The number of ketones is 1. The molecule has 0 aliphatic rings. The Morgan fingerprint density at radius 3 is 2.60 bits per heavy atom. The molecule has 1 rings (SSSR count). The van der Waals surface area contributed by atoms with Gasteiger partial charge in [-0.15, -0.1) is 0 Å². The third-order valence-corrected chi connectivity index (χ3v) is 2.85. The number of carbonyl (C=O) groups excluding carboxylic acids is 1. The Morgan fingerprint density at radius 1 is 1.30 bits per heavy atom. The molecule has 0 heterocycles. The van der Waals surface area contributed by atoms with Gasteiger partial charge in [-0.25, -0.2) is 4.39 Å². The van der Waals surface area contributed by atoms with Gasteiger partial charge >= 0.3 is 0 Å². The number of ether oxygens (including phenoxy) is 1. The summed E-state index contributed by atoms with van der Waals surface area (Å²) < 4.78 is 19.2. The van der Waals surface area contributed by atoms with E-state index in [1.54, 1.807) is 6.07 Å². The van der Waals surface area contributed by atoms with E-state index in [9.17, 15) is 9.18 Å². The Hall–Kier alpha value is -1.42. The molecule has 0 fully saturated rings. The maximum absolute atomic E-state index is 13.5. The summed E-state index contributed by atoms with van der Waals surface area (Å²) in [5, 5.41) is 3.27. The lowest BCUT2D eigenvalue weighted by Crippen LogP contribution is -2.33. The second-order valence-corrected chi connectivity index (χ2v) is 5.49. The molecule has 0 unspecified atom stereocenters. The molecular formula is C16H24FNO2. The molecule has 0 amide bonds. The fourth-order valence-electron chi connectivity index (χ4n) is 1.83. The maximum atomic E-state index is 13.5. The minimum Gasteiger partial charge on any atom is -0.489 e. The highest BCUT2D eigenvalue weighted by Gasteiger charge is 2.08. The van der Waals surface area contributed by atoms with E-state index in [1.165, 1.54) is 19.1 Å². The molecule has 3 nitrogen and oxygen atoms in total. The lowest BCUT2D eigenvalue weighted by atomic mass is 10.1. The third kappa shape index (κ3) is 6.66. The normalized spacial score (nSPS) is 12.5. The highest BCUT2D eigenvalue weighted by molar-refractivity contribution is 5.75. The summed E-state index contributed by atoms with van der Waals surface area (Å²) in [4.78, 5) is 11.0. The van der Waals surface area contributed by atoms with Gasteiger partial charge < -0.3 is 14.8 Å². The molecule has 20 heavy (non-hydrogen) atoms. The molecule has 112 valence electrons. The first-order valence-corrected chi connectivity index (χ1v) is 7.05. The minimum atomic E-state index is -0.329. The highest BCUT2D eigenvalue weighted by Crippen LogP contribution is 2.19. The van der Waals surface area contributed by atoms with Crippen molar-refractivity contribution in [1.29, 1.82) is 0 Å². The molecule has 0 bridgehead atoms. The molecule has 0 aliphatic heterocycles. The SMILES string of the molecule is CC(=O)CCc1cc(F)cc(O[C@H](C)CNC(C)C)c1. The average Bonchev–Trinajstić information content (AvgIpc) is 2.33. The first-order chi connectivity index (χ1) is 9.36. The van der Waals surface area contributed by atoms with Crippen LogP contribution < -0.4 is 10.1 Å². The molecule has 1 atom stereocenters. The van der Waals surface area contributed by atoms with Crippen LogP contribution in [-0.2, 0) is 11.2 Å². The first kappa shape index (κ1) is 16.6. The summed E-state index contributed by atoms with van der Waals surface area (Å²) in [6, 6.07) is 5.02. The number of halogens is 1. The number of aryl methyl sites for hydroxylation is 1. The molecule has 0 saturated heterocycles. The van der Waals surface area contributed by atoms with Gasteiger partial charge in [0, 0.05) is 25.1 Å². The van der Waals surface area contributed by atoms with Crippen molar-refractivity contribution in [2.24, 2.45) is 0 Å². The lowest BCUT2D eigenvalue weighted by molar-refractivity contribution is -0.116. The molecule has 1 aromatic rings. The van der Waals surface area contributed by atoms with E-state index in [1.807, 2.05) is 6.92 Å². The zero-order valence-corrected chi connectivity index (χ0v) is 12.7. The topological polar surface area (TPSA) is 38.3 Å². The van der Waals surface area contributed by atoms with E-state index in [0.29, 0.717) is 31.2 Å². The van der Waals surface area contributed by atoms with Crippen LogP contribution in [0.4, 0.5) is 4.39 Å². The Kier molecular flexibility index (Phi) is 6.65. The van der Waals surface area contributed by atoms with E-state index < -0.39 is 0 Å². The van der Waals surface area contributed by atoms with Crippen molar-refractivity contribution in [2.45, 2.75) is 52.7 Å². The Morgan fingerprint density at radius 2 is 2.00 bits per heavy atom. The summed E-state index contributed by atoms with van der Waals surface area (Å²) in [5.41, 5.74) is 0.791. The van der Waals surface area contributed by atoms with Crippen molar-refractivity contribution in [3.05, 3.63) is 29.6 Å². The van der Waals surface area contributed by atoms with Gasteiger partial charge in [-0.1, -0.05) is 13.8 Å². The van der Waals surface area contributed by atoms with Gasteiger partial charge in [-0.05, 0) is 38.0 Å². The largest absolute Gasteiger partial charge is 0.489 e. The van der Waals surface area contributed by atoms with Crippen molar-refractivity contribution in [1.82, 2.24) is 5.32 Å². The number of nitrogens with one attached hydrogen (secondary N) is 1. The fraction of sp³-hybridized carbons (Fsp3) is 0.562. The average molecular weight is 281 g/mol. The van der Waals surface area contributed by atoms with E-state index in [4.69, 9.17) is 4.74 Å². The van der Waals surface area contributed by atoms with Crippen LogP contribution in [0.5, 0.6) is 5.75 Å². The Bertz CT molecular complexity index is 446. The second-order valence-electron chi connectivity index (χ2n) is 5.49. The van der Waals surface area contributed by atoms with Gasteiger partial charge in [0.05, 0.1) is 0 Å². The number of carbonyl (C=O) groups is 1. The molecule has 1 N–H and O–H groups in total. The number of rotatable bonds is 8. The van der Waals surface area contributed by atoms with Gasteiger partial charge in [0.2, 0.25) is 0 Å². The van der Waals surface area contributed by atoms with Crippen molar-refractivity contribution in [3.63, 3.8) is 0 Å². The van der Waals surface area contributed by atoms with Crippen molar-refractivity contribution in [2.75, 3.05) is 6.54 Å². The van der Waals surface area contributed by atoms with Crippen molar-refractivity contribution in [3.8, 4) is 5.75 Å². The fourth-order valence-corrected chi connectivity index (χ4v) is 1.83. The Balaban J connectivity index is 2.62. The summed E-state index contributed by atoms with van der Waals surface area (Å²) in [5.74, 6) is 0.290. The minimum absolute atomic E-state index is 0.0418. The standard InChI is InChI=1S/C16H24FNO2/c1-11(2)18-10-13(4)20-16-8-14(6-5-12(3)19)7-15(17)9-16/h7-9,11,13,18H,5-6,10H2,1-4H3/t13-/m1/s1. The van der Waals surface area contributed by atoms with E-state index >= 15 is 0 Å². The van der Waals surface area contributed by atoms with Gasteiger partial charge in [0.1, 0.15) is 23.5 Å². The van der Waals surface area contributed by atoms with E-state index in [-0.39, 0.29) is 17.7 Å². The predicted octanol–water partition coefficient (Wildman–Crippen LogP) is 3.11. The summed E-state index contributed by atoms with van der Waals surface area (Å²) in [7, 11) is 0. The first-order valence-electron chi connectivity index (χ1n) is 7.05. The van der Waals surface area contributed by atoms with Gasteiger partial charge in [-0.3, -0.25) is 0 Å². The lowest BCUT2D eigenvalue weighted by Gasteiger charge is -2.17. The van der Waals surface area contributed by atoms with Crippen LogP contribution in [0, 0.1) is 5.82 Å². The van der Waals surface area contributed by atoms with Crippen LogP contribution in [0.15, 0.2) is 18.2 Å². The molecule has 0 spiro atoms. The van der Waals surface area contributed by atoms with Gasteiger partial charge in [0.15, 0.2) is 0 Å². The van der Waals surface area contributed by atoms with Crippen molar-refractivity contribution < 1.29 is 13.9 Å². The van der Waals surface area contributed by atoms with E-state index in [2.05, 4.69) is 19.2 Å². The molecule has 0 radical (unpaired) electrons. The molecular weight excluding hydrogens is 257 g/mol. The number of hydrogen-bond donors (Lipinski definition) is 1. The van der Waals surface area contributed by atoms with Crippen molar-refractivity contribution >= 4 is 5.78 Å². The second kappa shape index (κ2) is 8.00. The number of Topliss-reactive ketones (excluding diaryl/α,β-unsaturated/α-hetero) is 1. The van der Waals surface area contributed by atoms with Crippen LogP contribution >= 0.6 is 0 Å². The molecule has 1 aromatic carbocycles. The van der Waals surface area contributed by atoms with Crippen LogP contribution in [0.2, 0.25) is 0 Å². The molecule has 0 aromatic heterocycles. The van der Waals surface area contributed by atoms with Crippen LogP contribution in [0.3, 0.4) is 0 Å². The number of benzene rings is 1. The summed E-state index contributed by atoms with van der Waals surface area (Å²) >= 11 is 0. The van der Waals surface area contributed by atoms with Crippen LogP contribution in [-0.4, -0.2) is 24.5 Å². The van der Waals surface area contributed by atoms with Gasteiger partial charge in [0.25, 0.3) is 0 Å². The summed E-state index contributed by atoms with van der Waals surface area (Å²) in [6.07, 6.45) is 0.926. The Labute approximate surface area is 120 Å². The zero-order valence-electron chi connectivity index (χ0n) is 12.7. The van der Waals surface area contributed by atoms with Gasteiger partial charge in [-0.2, -0.15) is 0 Å². The quantitative estimate of drug-likeness (QED) is 0.795. The highest BCUT2D eigenvalue weighted by atomic mass is 19.1. The van der Waals surface area contributed by atoms with Crippen LogP contribution in [0.1, 0.15) is 39.7 Å². The smallest absolute Gasteiger partial charge is 0.130 e. The molecule has 0 saturated carbocycles.